The van der Waals surface area contributed by atoms with E-state index in [-0.39, 0.29) is 39.9 Å². The van der Waals surface area contributed by atoms with Gasteiger partial charge >= 0.3 is 0 Å². The van der Waals surface area contributed by atoms with E-state index in [0.29, 0.717) is 11.2 Å². The average Bonchev–Trinajstić information content (AvgIpc) is 3.19. The Morgan fingerprint density at radius 1 is 1.15 bits per heavy atom. The van der Waals surface area contributed by atoms with E-state index >= 15 is 0 Å². The maximum Gasteiger partial charge on any atom is 0.223 e. The molecule has 1 aliphatic carbocycles. The number of rotatable bonds is 6. The molecule has 2 N–H and O–H groups in total. The second kappa shape index (κ2) is 9.31. The van der Waals surface area contributed by atoms with Crippen molar-refractivity contribution in [2.45, 2.75) is 86.0 Å². The number of nitrogen functional groups attached to an aromatic ring is 1. The molecule has 7 nitrogen and oxygen atoms in total. The standard InChI is InChI=1S/C24H42ClN5O2Si2/c1-14-16(18(23(5,6)7)31-33(8)9)15(22(2,3)4)12-24(14,32-34(10)11)30-13-27-17-19(25)28-21(26)29-20(17)30/h13,15-16,18,33-34H,1,12H2,2-11H3,(H2,26,28,29)/t15-,16-,18?,24-/m0/s1. The fraction of sp³-hybridized carbons (Fsp3) is 0.708. The Morgan fingerprint density at radius 3 is 2.26 bits per heavy atom. The van der Waals surface area contributed by atoms with E-state index in [1.54, 1.807) is 6.33 Å². The second-order valence-corrected chi connectivity index (χ2v) is 17.4. The molecule has 0 bridgehead atoms. The van der Waals surface area contributed by atoms with E-state index in [1.807, 2.05) is 4.57 Å². The summed E-state index contributed by atoms with van der Waals surface area (Å²) in [7, 11) is -2.87. The van der Waals surface area contributed by atoms with Crippen molar-refractivity contribution in [2.75, 3.05) is 5.73 Å². The van der Waals surface area contributed by atoms with Crippen molar-refractivity contribution in [3.63, 3.8) is 0 Å². The predicted octanol–water partition coefficient (Wildman–Crippen LogP) is 5.37. The minimum Gasteiger partial charge on any atom is -0.417 e. The molecule has 0 radical (unpaired) electrons. The zero-order valence-corrected chi connectivity index (χ0v) is 25.5. The molecule has 1 fully saturated rings. The maximum atomic E-state index is 6.94. The third-order valence-corrected chi connectivity index (χ3v) is 8.70. The molecule has 1 unspecified atom stereocenters. The molecule has 3 rings (SSSR count). The Hall–Kier alpha value is -1.27. The summed E-state index contributed by atoms with van der Waals surface area (Å²) in [6.07, 6.45) is 2.54. The number of imidazole rings is 1. The van der Waals surface area contributed by atoms with Gasteiger partial charge in [-0.15, -0.1) is 0 Å². The number of hydrogen-bond donors (Lipinski definition) is 1. The van der Waals surface area contributed by atoms with Crippen molar-refractivity contribution in [3.05, 3.63) is 23.6 Å². The van der Waals surface area contributed by atoms with Gasteiger partial charge in [0.25, 0.3) is 0 Å². The van der Waals surface area contributed by atoms with Crippen LogP contribution in [0.3, 0.4) is 0 Å². The van der Waals surface area contributed by atoms with Crippen LogP contribution in [0.25, 0.3) is 11.2 Å². The van der Waals surface area contributed by atoms with Crippen molar-refractivity contribution in [1.29, 1.82) is 0 Å². The van der Waals surface area contributed by atoms with Gasteiger partial charge in [-0.2, -0.15) is 9.97 Å². The van der Waals surface area contributed by atoms with Crippen molar-refractivity contribution >= 4 is 46.8 Å². The molecule has 0 spiro atoms. The number of anilines is 1. The molecule has 0 aromatic carbocycles. The van der Waals surface area contributed by atoms with Gasteiger partial charge in [-0.05, 0) is 48.5 Å². The second-order valence-electron chi connectivity index (χ2n) is 12.3. The number of aromatic nitrogens is 4. The third kappa shape index (κ3) is 5.00. The zero-order chi connectivity index (χ0) is 25.8. The Labute approximate surface area is 213 Å². The summed E-state index contributed by atoms with van der Waals surface area (Å²) in [5, 5.41) is 0.243. The van der Waals surface area contributed by atoms with E-state index in [2.05, 4.69) is 82.7 Å². The van der Waals surface area contributed by atoms with E-state index < -0.39 is 23.8 Å². The van der Waals surface area contributed by atoms with Crippen LogP contribution in [0.15, 0.2) is 18.5 Å². The molecule has 1 aliphatic rings. The van der Waals surface area contributed by atoms with Gasteiger partial charge in [0.2, 0.25) is 5.95 Å². The highest BCUT2D eigenvalue weighted by molar-refractivity contribution is 6.48. The van der Waals surface area contributed by atoms with Crippen LogP contribution >= 0.6 is 11.6 Å². The first-order valence-corrected chi connectivity index (χ1v) is 18.1. The molecule has 2 aromatic rings. The molecule has 190 valence electrons. The highest BCUT2D eigenvalue weighted by Crippen LogP contribution is 2.58. The minimum absolute atomic E-state index is 0.00465. The van der Waals surface area contributed by atoms with Crippen molar-refractivity contribution in [3.8, 4) is 0 Å². The Morgan fingerprint density at radius 2 is 1.76 bits per heavy atom. The molecular formula is C24H42ClN5O2Si2. The molecule has 34 heavy (non-hydrogen) atoms. The van der Waals surface area contributed by atoms with Gasteiger partial charge in [0, 0.05) is 12.3 Å². The largest absolute Gasteiger partial charge is 0.417 e. The van der Waals surface area contributed by atoms with E-state index in [1.165, 1.54) is 0 Å². The van der Waals surface area contributed by atoms with Crippen LogP contribution in [-0.4, -0.2) is 43.7 Å². The Bertz CT molecular complexity index is 1060. The lowest BCUT2D eigenvalue weighted by Gasteiger charge is -2.43. The summed E-state index contributed by atoms with van der Waals surface area (Å²) in [6, 6.07) is 0. The average molecular weight is 524 g/mol. The third-order valence-electron chi connectivity index (χ3n) is 6.74. The van der Waals surface area contributed by atoms with E-state index in [9.17, 15) is 0 Å². The number of fused-ring (bicyclic) bond motifs is 1. The molecule has 2 aromatic heterocycles. The van der Waals surface area contributed by atoms with Crippen LogP contribution in [-0.2, 0) is 14.6 Å². The van der Waals surface area contributed by atoms with Crippen LogP contribution in [0.4, 0.5) is 5.95 Å². The number of hydrogen-bond acceptors (Lipinski definition) is 6. The van der Waals surface area contributed by atoms with Crippen LogP contribution in [0, 0.1) is 22.7 Å². The van der Waals surface area contributed by atoms with Crippen molar-refractivity contribution in [1.82, 2.24) is 19.5 Å². The Kier molecular flexibility index (Phi) is 7.48. The number of nitrogens with two attached hydrogens (primary N) is 1. The summed E-state index contributed by atoms with van der Waals surface area (Å²) in [5.41, 5.74) is 7.26. The summed E-state index contributed by atoms with van der Waals surface area (Å²) in [5.74, 6) is 0.497. The first-order chi connectivity index (χ1) is 15.5. The fourth-order valence-electron chi connectivity index (χ4n) is 5.39. The van der Waals surface area contributed by atoms with Gasteiger partial charge < -0.3 is 14.6 Å². The molecule has 10 heteroatoms. The number of halogens is 1. The van der Waals surface area contributed by atoms with E-state index in [4.69, 9.17) is 32.8 Å². The molecule has 0 saturated heterocycles. The topological polar surface area (TPSA) is 88.1 Å². The van der Waals surface area contributed by atoms with Gasteiger partial charge in [-0.1, -0.05) is 59.7 Å². The van der Waals surface area contributed by atoms with Crippen LogP contribution < -0.4 is 5.73 Å². The van der Waals surface area contributed by atoms with Crippen molar-refractivity contribution in [2.24, 2.45) is 22.7 Å². The fourth-order valence-corrected chi connectivity index (χ4v) is 7.91. The van der Waals surface area contributed by atoms with Crippen LogP contribution in [0.2, 0.25) is 31.3 Å². The monoisotopic (exact) mass is 523 g/mol. The Balaban J connectivity index is 2.30. The first-order valence-electron chi connectivity index (χ1n) is 12.2. The quantitative estimate of drug-likeness (QED) is 0.311. The molecule has 4 atom stereocenters. The predicted molar refractivity (Wildman–Crippen MR) is 146 cm³/mol. The summed E-state index contributed by atoms with van der Waals surface area (Å²) in [6.45, 7) is 27.3. The van der Waals surface area contributed by atoms with Gasteiger partial charge in [-0.25, -0.2) is 4.98 Å². The van der Waals surface area contributed by atoms with E-state index in [0.717, 1.165) is 12.0 Å². The molecular weight excluding hydrogens is 482 g/mol. The summed E-state index contributed by atoms with van der Waals surface area (Å²) in [4.78, 5) is 13.2. The lowest BCUT2D eigenvalue weighted by Crippen LogP contribution is -2.45. The SMILES string of the molecule is C=C1[C@H](C(O[SiH](C)C)C(C)(C)C)[C@@H](C(C)(C)C)C[C@@]1(O[SiH](C)C)n1cnc2c(Cl)nc(N)nc21. The normalized spacial score (nSPS) is 25.1. The molecule has 0 aliphatic heterocycles. The van der Waals surface area contributed by atoms with Gasteiger partial charge in [0.15, 0.2) is 34.6 Å². The molecule has 2 heterocycles. The molecule has 1 saturated carbocycles. The van der Waals surface area contributed by atoms with Gasteiger partial charge in [-0.3, -0.25) is 4.57 Å². The van der Waals surface area contributed by atoms with Gasteiger partial charge in [0.1, 0.15) is 5.52 Å². The highest BCUT2D eigenvalue weighted by Gasteiger charge is 2.58. The number of nitrogens with zero attached hydrogens (tertiary/aromatic N) is 4. The highest BCUT2D eigenvalue weighted by atomic mass is 35.5. The zero-order valence-electron chi connectivity index (χ0n) is 22.4. The summed E-state index contributed by atoms with van der Waals surface area (Å²) >= 11 is 6.39. The van der Waals surface area contributed by atoms with Crippen LogP contribution in [0.1, 0.15) is 48.0 Å². The van der Waals surface area contributed by atoms with Crippen LogP contribution in [0.5, 0.6) is 0 Å². The molecule has 0 amide bonds. The lowest BCUT2D eigenvalue weighted by molar-refractivity contribution is 0.00573. The van der Waals surface area contributed by atoms with Crippen molar-refractivity contribution < 1.29 is 8.85 Å². The van der Waals surface area contributed by atoms with Gasteiger partial charge in [0.05, 0.1) is 12.4 Å². The summed E-state index contributed by atoms with van der Waals surface area (Å²) < 4.78 is 15.7. The maximum absolute atomic E-state index is 6.94. The lowest BCUT2D eigenvalue weighted by atomic mass is 9.68. The first kappa shape index (κ1) is 27.3. The minimum atomic E-state index is -1.54. The smallest absolute Gasteiger partial charge is 0.223 e.